The van der Waals surface area contributed by atoms with Crippen molar-refractivity contribution >= 4 is 16.6 Å². The number of nitrogens with zero attached hydrogens (tertiary/aromatic N) is 2. The third kappa shape index (κ3) is 2.10. The molecule has 0 spiro atoms. The zero-order valence-corrected chi connectivity index (χ0v) is 11.1. The Morgan fingerprint density at radius 3 is 3.00 bits per heavy atom. The molecule has 19 heavy (non-hydrogen) atoms. The molecule has 2 aromatic rings. The van der Waals surface area contributed by atoms with E-state index in [0.717, 1.165) is 23.9 Å². The van der Waals surface area contributed by atoms with Gasteiger partial charge in [0.05, 0.1) is 11.7 Å². The SMILES string of the molecule is c1cc2[nH]ncc2cc1NC[C@@H]1CN2CCC1CC2. The molecule has 1 aromatic carbocycles. The lowest BCUT2D eigenvalue weighted by Crippen LogP contribution is -2.49. The lowest BCUT2D eigenvalue weighted by molar-refractivity contribution is 0.0574. The van der Waals surface area contributed by atoms with Gasteiger partial charge in [0.25, 0.3) is 0 Å². The van der Waals surface area contributed by atoms with E-state index in [9.17, 15) is 0 Å². The number of aromatic amines is 1. The van der Waals surface area contributed by atoms with Gasteiger partial charge in [-0.2, -0.15) is 5.10 Å². The lowest BCUT2D eigenvalue weighted by atomic mass is 9.79. The maximum Gasteiger partial charge on any atom is 0.0651 e. The number of hydrogen-bond donors (Lipinski definition) is 2. The number of benzene rings is 1. The second kappa shape index (κ2) is 4.53. The first-order valence-electron chi connectivity index (χ1n) is 7.28. The number of piperidine rings is 3. The summed E-state index contributed by atoms with van der Waals surface area (Å²) >= 11 is 0. The van der Waals surface area contributed by atoms with Crippen LogP contribution >= 0.6 is 0 Å². The number of fused-ring (bicyclic) bond motifs is 4. The fraction of sp³-hybridized carbons (Fsp3) is 0.533. The van der Waals surface area contributed by atoms with Gasteiger partial charge in [-0.25, -0.2) is 0 Å². The summed E-state index contributed by atoms with van der Waals surface area (Å²) in [4.78, 5) is 2.62. The summed E-state index contributed by atoms with van der Waals surface area (Å²) in [6.45, 7) is 5.03. The summed E-state index contributed by atoms with van der Waals surface area (Å²) in [5.41, 5.74) is 2.32. The minimum atomic E-state index is 0.822. The van der Waals surface area contributed by atoms with E-state index in [1.165, 1.54) is 43.5 Å². The zero-order valence-electron chi connectivity index (χ0n) is 11.1. The largest absolute Gasteiger partial charge is 0.385 e. The van der Waals surface area contributed by atoms with Crippen molar-refractivity contribution in [3.8, 4) is 0 Å². The molecule has 3 aliphatic heterocycles. The van der Waals surface area contributed by atoms with E-state index in [4.69, 9.17) is 0 Å². The summed E-state index contributed by atoms with van der Waals surface area (Å²) in [5.74, 6) is 1.76. The molecule has 5 rings (SSSR count). The van der Waals surface area contributed by atoms with Crippen molar-refractivity contribution in [2.75, 3.05) is 31.5 Å². The van der Waals surface area contributed by atoms with Gasteiger partial charge in [-0.3, -0.25) is 5.10 Å². The first kappa shape index (κ1) is 11.3. The normalized spacial score (nSPS) is 29.8. The maximum absolute atomic E-state index is 4.06. The Bertz CT molecular complexity index is 568. The molecule has 0 radical (unpaired) electrons. The molecule has 1 aromatic heterocycles. The van der Waals surface area contributed by atoms with Crippen LogP contribution in [-0.2, 0) is 0 Å². The Kier molecular flexibility index (Phi) is 2.69. The number of aromatic nitrogens is 2. The molecular formula is C15H20N4. The van der Waals surface area contributed by atoms with E-state index in [-0.39, 0.29) is 0 Å². The average molecular weight is 256 g/mol. The van der Waals surface area contributed by atoms with Gasteiger partial charge in [0.1, 0.15) is 0 Å². The predicted octanol–water partition coefficient (Wildman–Crippen LogP) is 2.32. The Morgan fingerprint density at radius 2 is 2.21 bits per heavy atom. The summed E-state index contributed by atoms with van der Waals surface area (Å²) in [6, 6.07) is 6.42. The van der Waals surface area contributed by atoms with Crippen molar-refractivity contribution in [3.63, 3.8) is 0 Å². The molecule has 0 unspecified atom stereocenters. The maximum atomic E-state index is 4.06. The van der Waals surface area contributed by atoms with Crippen LogP contribution in [0, 0.1) is 11.8 Å². The average Bonchev–Trinajstić information content (AvgIpc) is 2.94. The molecule has 2 bridgehead atoms. The molecular weight excluding hydrogens is 236 g/mol. The van der Waals surface area contributed by atoms with Gasteiger partial charge in [-0.15, -0.1) is 0 Å². The van der Waals surface area contributed by atoms with Crippen LogP contribution in [-0.4, -0.2) is 41.3 Å². The van der Waals surface area contributed by atoms with Crippen LogP contribution in [0.1, 0.15) is 12.8 Å². The van der Waals surface area contributed by atoms with E-state index in [0.29, 0.717) is 0 Å². The van der Waals surface area contributed by atoms with Crippen LogP contribution in [0.2, 0.25) is 0 Å². The highest BCUT2D eigenvalue weighted by atomic mass is 15.2. The van der Waals surface area contributed by atoms with Crippen molar-refractivity contribution in [2.24, 2.45) is 11.8 Å². The van der Waals surface area contributed by atoms with Crippen LogP contribution in [0.3, 0.4) is 0 Å². The molecule has 0 amide bonds. The Hall–Kier alpha value is -1.55. The first-order valence-corrected chi connectivity index (χ1v) is 7.28. The van der Waals surface area contributed by atoms with Gasteiger partial charge in [-0.05, 0) is 56.0 Å². The highest BCUT2D eigenvalue weighted by molar-refractivity contribution is 5.81. The highest BCUT2D eigenvalue weighted by Gasteiger charge is 2.33. The summed E-state index contributed by atoms with van der Waals surface area (Å²) in [5, 5.41) is 11.8. The molecule has 4 heterocycles. The van der Waals surface area contributed by atoms with Crippen molar-refractivity contribution in [1.82, 2.24) is 15.1 Å². The van der Waals surface area contributed by atoms with Crippen LogP contribution in [0.4, 0.5) is 5.69 Å². The molecule has 0 aliphatic carbocycles. The minimum absolute atomic E-state index is 0.822. The van der Waals surface area contributed by atoms with Gasteiger partial charge >= 0.3 is 0 Å². The zero-order chi connectivity index (χ0) is 12.7. The minimum Gasteiger partial charge on any atom is -0.385 e. The number of hydrogen-bond acceptors (Lipinski definition) is 3. The monoisotopic (exact) mass is 256 g/mol. The van der Waals surface area contributed by atoms with E-state index in [1.54, 1.807) is 0 Å². The summed E-state index contributed by atoms with van der Waals surface area (Å²) in [7, 11) is 0. The Balaban J connectivity index is 1.44. The number of anilines is 1. The van der Waals surface area contributed by atoms with Gasteiger partial charge < -0.3 is 10.2 Å². The molecule has 1 atom stereocenters. The Labute approximate surface area is 113 Å². The van der Waals surface area contributed by atoms with Gasteiger partial charge in [0.2, 0.25) is 0 Å². The van der Waals surface area contributed by atoms with E-state index in [1.807, 2.05) is 6.20 Å². The van der Waals surface area contributed by atoms with Gasteiger partial charge in [0, 0.05) is 24.2 Å². The molecule has 4 heteroatoms. The number of H-pyrrole nitrogens is 1. The van der Waals surface area contributed by atoms with Crippen molar-refractivity contribution in [2.45, 2.75) is 12.8 Å². The fourth-order valence-electron chi connectivity index (χ4n) is 3.62. The predicted molar refractivity (Wildman–Crippen MR) is 77.2 cm³/mol. The van der Waals surface area contributed by atoms with Crippen LogP contribution < -0.4 is 5.32 Å². The van der Waals surface area contributed by atoms with Crippen molar-refractivity contribution in [3.05, 3.63) is 24.4 Å². The molecule has 4 nitrogen and oxygen atoms in total. The van der Waals surface area contributed by atoms with Crippen LogP contribution in [0.5, 0.6) is 0 Å². The standard InChI is InChI=1S/C15H20N4/c1-2-15-12(9-17-18-15)7-14(1)16-8-13-10-19-5-3-11(13)4-6-19/h1-2,7,9,11,13,16H,3-6,8,10H2,(H,17,18)/t13-/m1/s1. The highest BCUT2D eigenvalue weighted by Crippen LogP contribution is 2.32. The summed E-state index contributed by atoms with van der Waals surface area (Å²) in [6.07, 6.45) is 4.68. The van der Waals surface area contributed by atoms with Gasteiger partial charge in [-0.1, -0.05) is 0 Å². The topological polar surface area (TPSA) is 44.0 Å². The molecule has 0 saturated carbocycles. The molecule has 3 fully saturated rings. The second-order valence-corrected chi connectivity index (χ2v) is 5.95. The summed E-state index contributed by atoms with van der Waals surface area (Å²) < 4.78 is 0. The third-order valence-corrected chi connectivity index (χ3v) is 4.80. The third-order valence-electron chi connectivity index (χ3n) is 4.80. The van der Waals surface area contributed by atoms with Crippen molar-refractivity contribution in [1.29, 1.82) is 0 Å². The number of rotatable bonds is 3. The van der Waals surface area contributed by atoms with E-state index >= 15 is 0 Å². The lowest BCUT2D eigenvalue weighted by Gasteiger charge is -2.45. The smallest absolute Gasteiger partial charge is 0.0651 e. The van der Waals surface area contributed by atoms with Crippen LogP contribution in [0.25, 0.3) is 10.9 Å². The quantitative estimate of drug-likeness (QED) is 0.885. The van der Waals surface area contributed by atoms with Gasteiger partial charge in [0.15, 0.2) is 0 Å². The molecule has 2 N–H and O–H groups in total. The fourth-order valence-corrected chi connectivity index (χ4v) is 3.62. The molecule has 3 aliphatic rings. The van der Waals surface area contributed by atoms with E-state index < -0.39 is 0 Å². The number of nitrogens with one attached hydrogen (secondary N) is 2. The van der Waals surface area contributed by atoms with Crippen molar-refractivity contribution < 1.29 is 0 Å². The molecule has 3 saturated heterocycles. The second-order valence-electron chi connectivity index (χ2n) is 5.95. The molecule has 100 valence electrons. The Morgan fingerprint density at radius 1 is 1.32 bits per heavy atom. The van der Waals surface area contributed by atoms with E-state index in [2.05, 4.69) is 38.6 Å². The van der Waals surface area contributed by atoms with Crippen LogP contribution in [0.15, 0.2) is 24.4 Å². The first-order chi connectivity index (χ1) is 9.38.